The number of aromatic nitrogens is 2. The lowest BCUT2D eigenvalue weighted by atomic mass is 10.0. The number of thioether (sulfide) groups is 1. The van der Waals surface area contributed by atoms with Crippen LogP contribution in [0.15, 0.2) is 58.0 Å². The highest BCUT2D eigenvalue weighted by Gasteiger charge is 2.53. The second-order valence-electron chi connectivity index (χ2n) is 9.06. The maximum absolute atomic E-state index is 13.0. The molecule has 3 aliphatic heterocycles. The van der Waals surface area contributed by atoms with E-state index in [2.05, 4.69) is 15.5 Å². The number of likely N-dealkylation sites (tertiary alicyclic amines) is 1. The van der Waals surface area contributed by atoms with Crippen molar-refractivity contribution in [2.75, 3.05) is 18.0 Å². The number of carboxylic acids is 1. The molecule has 0 spiro atoms. The fourth-order valence-electron chi connectivity index (χ4n) is 4.58. The predicted octanol–water partition coefficient (Wildman–Crippen LogP) is -1.51. The number of aliphatic carboxylic acids is 1. The van der Waals surface area contributed by atoms with Crippen molar-refractivity contribution >= 4 is 57.6 Å². The number of hydrogen-bond acceptors (Lipinski definition) is 11. The highest BCUT2D eigenvalue weighted by Crippen LogP contribution is 2.41. The van der Waals surface area contributed by atoms with Gasteiger partial charge in [0.25, 0.3) is 11.8 Å². The van der Waals surface area contributed by atoms with Crippen LogP contribution in [0.5, 0.6) is 0 Å². The van der Waals surface area contributed by atoms with E-state index in [1.165, 1.54) is 23.2 Å². The summed E-state index contributed by atoms with van der Waals surface area (Å²) >= 11 is 2.28. The SMILES string of the molecule is C[n+]1ccc(CN2CCC(=CC3=C(C(=O)[O-])N4C(=O)[C@@H](NC(=O)/C(=N\O)c5csc(N)n5)[C@H]4SC3)C2=O)cc1. The van der Waals surface area contributed by atoms with Gasteiger partial charge in [0.05, 0.1) is 11.7 Å². The van der Waals surface area contributed by atoms with Gasteiger partial charge in [-0.3, -0.25) is 19.3 Å². The van der Waals surface area contributed by atoms with E-state index in [0.717, 1.165) is 21.8 Å². The van der Waals surface area contributed by atoms with Crippen molar-refractivity contribution < 1.29 is 34.1 Å². The van der Waals surface area contributed by atoms with Crippen molar-refractivity contribution in [3.05, 3.63) is 64.1 Å². The van der Waals surface area contributed by atoms with Gasteiger partial charge in [0.1, 0.15) is 24.2 Å². The fraction of sp³-hybridized carbons (Fsp3) is 0.292. The summed E-state index contributed by atoms with van der Waals surface area (Å²) in [6, 6.07) is 2.79. The topological polar surface area (TPSA) is 185 Å². The number of thiazole rings is 1. The molecule has 5 heterocycles. The first-order valence-corrected chi connectivity index (χ1v) is 13.7. The van der Waals surface area contributed by atoms with Crippen molar-refractivity contribution in [1.82, 2.24) is 20.1 Å². The zero-order chi connectivity index (χ0) is 27.8. The van der Waals surface area contributed by atoms with Gasteiger partial charge in [-0.2, -0.15) is 0 Å². The number of fused-ring (bicyclic) bond motifs is 1. The molecule has 2 atom stereocenters. The third kappa shape index (κ3) is 4.97. The van der Waals surface area contributed by atoms with E-state index in [-0.39, 0.29) is 28.2 Å². The van der Waals surface area contributed by atoms with Crippen molar-refractivity contribution in [1.29, 1.82) is 0 Å². The summed E-state index contributed by atoms with van der Waals surface area (Å²) < 4.78 is 1.89. The monoisotopic (exact) mass is 569 g/mol. The van der Waals surface area contributed by atoms with Crippen LogP contribution in [0.1, 0.15) is 17.7 Å². The number of nitrogens with one attached hydrogen (secondary N) is 1. The number of nitrogens with two attached hydrogens (primary N) is 1. The molecule has 0 saturated carbocycles. The number of carboxylic acid groups (broad SMARTS) is 1. The number of allylic oxidation sites excluding steroid dienone is 1. The van der Waals surface area contributed by atoms with Gasteiger partial charge in [-0.25, -0.2) is 9.55 Å². The molecule has 2 fully saturated rings. The first-order chi connectivity index (χ1) is 18.7. The molecular weight excluding hydrogens is 546 g/mol. The number of nitrogen functional groups attached to an aromatic ring is 1. The van der Waals surface area contributed by atoms with Crippen LogP contribution in [0.25, 0.3) is 0 Å². The number of rotatable bonds is 7. The van der Waals surface area contributed by atoms with Gasteiger partial charge in [0.2, 0.25) is 5.91 Å². The normalized spacial score (nSPS) is 22.3. The quantitative estimate of drug-likeness (QED) is 0.0890. The Hall–Kier alpha value is -4.24. The number of hydrogen-bond donors (Lipinski definition) is 3. The smallest absolute Gasteiger partial charge is 0.276 e. The van der Waals surface area contributed by atoms with E-state index in [4.69, 9.17) is 5.73 Å². The Labute approximate surface area is 230 Å². The second-order valence-corrected chi connectivity index (χ2v) is 11.1. The van der Waals surface area contributed by atoms with Crippen LogP contribution in [0.4, 0.5) is 5.13 Å². The van der Waals surface area contributed by atoms with E-state index < -0.39 is 34.9 Å². The molecule has 13 nitrogen and oxygen atoms in total. The Balaban J connectivity index is 1.31. The van der Waals surface area contributed by atoms with Gasteiger partial charge in [0, 0.05) is 41.9 Å². The Morgan fingerprint density at radius 2 is 2.10 bits per heavy atom. The number of carbonyl (C=O) groups excluding carboxylic acids is 4. The lowest BCUT2D eigenvalue weighted by molar-refractivity contribution is -0.671. The lowest BCUT2D eigenvalue weighted by Gasteiger charge is -2.50. The molecule has 0 radical (unpaired) electrons. The molecule has 2 aromatic rings. The van der Waals surface area contributed by atoms with Gasteiger partial charge in [0.15, 0.2) is 23.2 Å². The number of anilines is 1. The molecule has 15 heteroatoms. The minimum Gasteiger partial charge on any atom is -0.543 e. The highest BCUT2D eigenvalue weighted by molar-refractivity contribution is 8.00. The van der Waals surface area contributed by atoms with Gasteiger partial charge in [-0.05, 0) is 23.6 Å². The van der Waals surface area contributed by atoms with Gasteiger partial charge < -0.3 is 31.1 Å². The first kappa shape index (κ1) is 26.4. The largest absolute Gasteiger partial charge is 0.543 e. The molecule has 3 aliphatic rings. The zero-order valence-electron chi connectivity index (χ0n) is 20.6. The van der Waals surface area contributed by atoms with Gasteiger partial charge in [-0.1, -0.05) is 5.16 Å². The van der Waals surface area contributed by atoms with Crippen molar-refractivity contribution in [2.45, 2.75) is 24.4 Å². The van der Waals surface area contributed by atoms with E-state index >= 15 is 0 Å². The molecule has 2 saturated heterocycles. The van der Waals surface area contributed by atoms with Crippen LogP contribution in [-0.2, 0) is 32.8 Å². The van der Waals surface area contributed by atoms with E-state index in [9.17, 15) is 29.5 Å². The Morgan fingerprint density at radius 1 is 1.36 bits per heavy atom. The van der Waals surface area contributed by atoms with E-state index in [1.807, 2.05) is 36.1 Å². The molecule has 0 aromatic carbocycles. The first-order valence-electron chi connectivity index (χ1n) is 11.8. The average Bonchev–Trinajstić information content (AvgIpc) is 3.49. The summed E-state index contributed by atoms with van der Waals surface area (Å²) in [6.07, 6.45) is 5.76. The molecule has 0 unspecified atom stereocenters. The third-order valence-electron chi connectivity index (χ3n) is 6.54. The zero-order valence-corrected chi connectivity index (χ0v) is 22.2. The van der Waals surface area contributed by atoms with Crippen LogP contribution in [-0.4, -0.2) is 73.1 Å². The van der Waals surface area contributed by atoms with Gasteiger partial charge >= 0.3 is 0 Å². The van der Waals surface area contributed by atoms with Crippen molar-refractivity contribution in [3.8, 4) is 0 Å². The molecule has 0 bridgehead atoms. The third-order valence-corrected chi connectivity index (χ3v) is 8.52. The number of amides is 3. The minimum absolute atomic E-state index is 0.0400. The Morgan fingerprint density at radius 3 is 2.74 bits per heavy atom. The summed E-state index contributed by atoms with van der Waals surface area (Å²) in [4.78, 5) is 57.4. The molecule has 4 N–H and O–H groups in total. The Bertz CT molecular complexity index is 1470. The molecule has 39 heavy (non-hydrogen) atoms. The van der Waals surface area contributed by atoms with Crippen molar-refractivity contribution in [3.63, 3.8) is 0 Å². The van der Waals surface area contributed by atoms with Crippen LogP contribution in [0.3, 0.4) is 0 Å². The summed E-state index contributed by atoms with van der Waals surface area (Å²) in [5.41, 5.74) is 6.57. The predicted molar refractivity (Wildman–Crippen MR) is 138 cm³/mol. The number of carbonyl (C=O) groups is 4. The summed E-state index contributed by atoms with van der Waals surface area (Å²) in [5, 5.41) is 27.7. The van der Waals surface area contributed by atoms with E-state index in [1.54, 1.807) is 4.90 Å². The minimum atomic E-state index is -1.56. The standard InChI is InChI=1S/C24H23N7O6S2/c1-29-5-2-12(3-6-29)9-30-7-4-13(20(30)33)8-14-10-38-22-17(21(34)31(22)18(14)23(35)36)27-19(32)16(28-37)15-11-39-24(25)26-15/h2-3,5-6,8,11,17,22H,4,7,9-10H2,1H3,(H4-,25,26,27,32,35,36,37)/t17-,22-/m1/s1. The van der Waals surface area contributed by atoms with Crippen LogP contribution >= 0.6 is 23.1 Å². The van der Waals surface area contributed by atoms with Gasteiger partial charge in [-0.15, -0.1) is 23.1 Å². The number of β-lactam (4-membered cyclic amide) rings is 1. The Kier molecular flexibility index (Phi) is 7.10. The number of pyridine rings is 1. The van der Waals surface area contributed by atoms with Crippen LogP contribution in [0, 0.1) is 0 Å². The van der Waals surface area contributed by atoms with Crippen LogP contribution < -0.4 is 20.7 Å². The maximum atomic E-state index is 13.0. The van der Waals surface area contributed by atoms with Crippen molar-refractivity contribution in [2.24, 2.45) is 12.2 Å². The molecule has 5 rings (SSSR count). The van der Waals surface area contributed by atoms with E-state index in [0.29, 0.717) is 30.7 Å². The highest BCUT2D eigenvalue weighted by atomic mass is 32.2. The maximum Gasteiger partial charge on any atom is 0.276 e. The fourth-order valence-corrected chi connectivity index (χ4v) is 6.44. The van der Waals surface area contributed by atoms with Crippen LogP contribution in [0.2, 0.25) is 0 Å². The lowest BCUT2D eigenvalue weighted by Crippen LogP contribution is -2.71. The molecule has 3 amide bonds. The number of nitrogens with zero attached hydrogens (tertiary/aromatic N) is 5. The molecule has 202 valence electrons. The summed E-state index contributed by atoms with van der Waals surface area (Å²) in [5.74, 6) is -3.10. The number of aryl methyl sites for hydroxylation is 1. The molecule has 2 aromatic heterocycles. The summed E-state index contributed by atoms with van der Waals surface area (Å²) in [7, 11) is 1.90. The number of oxime groups is 1. The second kappa shape index (κ2) is 10.5. The molecule has 0 aliphatic carbocycles. The summed E-state index contributed by atoms with van der Waals surface area (Å²) in [6.45, 7) is 0.921. The molecular formula is C24H23N7O6S2. The average molecular weight is 570 g/mol.